The van der Waals surface area contributed by atoms with Gasteiger partial charge in [-0.1, -0.05) is 0 Å². The van der Waals surface area contributed by atoms with Crippen LogP contribution < -0.4 is 16.4 Å². The molecule has 0 bridgehead atoms. The van der Waals surface area contributed by atoms with E-state index in [4.69, 9.17) is 0 Å². The van der Waals surface area contributed by atoms with Crippen molar-refractivity contribution in [2.75, 3.05) is 0 Å². The van der Waals surface area contributed by atoms with Gasteiger partial charge in [-0.2, -0.15) is 0 Å². The normalized spacial score (nSPS) is 16.1. The quantitative estimate of drug-likeness (QED) is 0.100. The second kappa shape index (κ2) is 7.62. The number of hydrogen-bond acceptors (Lipinski definition) is 1. The molecule has 0 saturated heterocycles. The number of fused-ring (bicyclic) bond motifs is 7. The van der Waals surface area contributed by atoms with E-state index in [0.717, 1.165) is 16.7 Å². The molecule has 0 radical (unpaired) electrons. The van der Waals surface area contributed by atoms with Gasteiger partial charge >= 0.3 is 221 Å². The molecule has 9 heteroatoms. The van der Waals surface area contributed by atoms with E-state index in [9.17, 15) is 5.72 Å². The van der Waals surface area contributed by atoms with Crippen LogP contribution in [0.4, 0.5) is 11.4 Å². The third-order valence-corrected chi connectivity index (χ3v) is 15.7. The molecule has 0 saturated carbocycles. The van der Waals surface area contributed by atoms with Crippen LogP contribution in [0.5, 0.6) is 0 Å². The van der Waals surface area contributed by atoms with Gasteiger partial charge in [0.25, 0.3) is 0 Å². The molecular weight excluding hydrogens is 693 g/mol. The maximum absolute atomic E-state index is 15.3. The molecule has 2 aliphatic heterocycles. The molecule has 7 rings (SSSR count). The summed E-state index contributed by atoms with van der Waals surface area (Å²) in [5.41, 5.74) is 8.14. The Morgan fingerprint density at radius 1 is 0.833 bits per heavy atom. The fourth-order valence-corrected chi connectivity index (χ4v) is 12.4. The molecule has 1 aromatic heterocycles. The fourth-order valence-electron chi connectivity index (χ4n) is 6.40. The van der Waals surface area contributed by atoms with Crippen LogP contribution in [0.2, 0.25) is 0 Å². The van der Waals surface area contributed by atoms with E-state index in [0.29, 0.717) is 16.3 Å². The zero-order chi connectivity index (χ0) is 25.0. The molecule has 36 heavy (non-hydrogen) atoms. The van der Waals surface area contributed by atoms with E-state index in [1.807, 2.05) is 30.3 Å². The van der Waals surface area contributed by atoms with Crippen molar-refractivity contribution in [2.24, 2.45) is 1.36 Å². The Balaban J connectivity index is 1.70. The Bertz CT molecular complexity index is 1810. The average Bonchev–Trinajstić information content (AvgIpc) is 3.19. The summed E-state index contributed by atoms with van der Waals surface area (Å²) in [5, 5.41) is 1.04. The van der Waals surface area contributed by atoms with Crippen LogP contribution in [0.15, 0.2) is 80.2 Å². The SMILES string of the molecule is CC1(C)c2ccccc2B2c3c(cccc31)-n1c3cccc(I(F)(F)=NI(F)F)c3c3cccc2c31. The van der Waals surface area contributed by atoms with E-state index in [1.165, 1.54) is 28.1 Å². The number of para-hydroxylation sites is 1. The monoisotopic (exact) mass is 712 g/mol. The zero-order valence-electron chi connectivity index (χ0n) is 19.2. The van der Waals surface area contributed by atoms with Crippen molar-refractivity contribution in [3.05, 3.63) is 93.6 Å². The van der Waals surface area contributed by atoms with Crippen molar-refractivity contribution in [3.8, 4) is 5.69 Å². The third kappa shape index (κ3) is 2.89. The first kappa shape index (κ1) is 22.9. The van der Waals surface area contributed by atoms with E-state index < -0.39 is 40.6 Å². The van der Waals surface area contributed by atoms with Gasteiger partial charge in [0.1, 0.15) is 0 Å². The van der Waals surface area contributed by atoms with Crippen LogP contribution >= 0.6 is 40.6 Å². The molecule has 5 aromatic rings. The van der Waals surface area contributed by atoms with Crippen molar-refractivity contribution < 1.29 is 11.4 Å². The molecule has 182 valence electrons. The summed E-state index contributed by atoms with van der Waals surface area (Å²) in [5.74, 6) is 0. The second-order valence-electron chi connectivity index (χ2n) is 9.75. The summed E-state index contributed by atoms with van der Waals surface area (Å²) < 4.78 is 61.5. The summed E-state index contributed by atoms with van der Waals surface area (Å²) in [6, 6.07) is 25.2. The van der Waals surface area contributed by atoms with Crippen molar-refractivity contribution in [3.63, 3.8) is 0 Å². The van der Waals surface area contributed by atoms with E-state index in [1.54, 1.807) is 6.07 Å². The molecule has 0 N–H and O–H groups in total. The maximum atomic E-state index is 15.3. The number of aromatic nitrogens is 1. The molecule has 0 spiro atoms. The molecule has 0 unspecified atom stereocenters. The Hall–Kier alpha value is -2.28. The van der Waals surface area contributed by atoms with Gasteiger partial charge in [-0.05, 0) is 0 Å². The van der Waals surface area contributed by atoms with Crippen molar-refractivity contribution in [1.29, 1.82) is 0 Å². The average molecular weight is 712 g/mol. The van der Waals surface area contributed by atoms with Crippen molar-refractivity contribution in [2.45, 2.75) is 19.3 Å². The van der Waals surface area contributed by atoms with Gasteiger partial charge in [0, 0.05) is 0 Å². The van der Waals surface area contributed by atoms with Crippen LogP contribution in [0.25, 0.3) is 27.5 Å². The third-order valence-electron chi connectivity index (χ3n) is 7.71. The van der Waals surface area contributed by atoms with E-state index in [2.05, 4.69) is 56.2 Å². The van der Waals surface area contributed by atoms with Crippen molar-refractivity contribution in [1.82, 2.24) is 4.57 Å². The Labute approximate surface area is 220 Å². The van der Waals surface area contributed by atoms with Crippen molar-refractivity contribution >= 4 is 85.6 Å². The predicted octanol–water partition coefficient (Wildman–Crippen LogP) is 7.61. The van der Waals surface area contributed by atoms with Gasteiger partial charge < -0.3 is 0 Å². The Morgan fingerprint density at radius 3 is 2.33 bits per heavy atom. The van der Waals surface area contributed by atoms with Gasteiger partial charge in [-0.25, -0.2) is 0 Å². The topological polar surface area (TPSA) is 17.3 Å². The molecule has 0 amide bonds. The summed E-state index contributed by atoms with van der Waals surface area (Å²) in [4.78, 5) is 0. The van der Waals surface area contributed by atoms with E-state index in [-0.39, 0.29) is 15.7 Å². The van der Waals surface area contributed by atoms with Gasteiger partial charge in [-0.15, -0.1) is 0 Å². The first-order valence-electron chi connectivity index (χ1n) is 11.4. The van der Waals surface area contributed by atoms with E-state index >= 15 is 5.72 Å². The molecule has 0 aliphatic carbocycles. The van der Waals surface area contributed by atoms with Crippen LogP contribution in [0, 0.1) is 3.57 Å². The van der Waals surface area contributed by atoms with Gasteiger partial charge in [0.2, 0.25) is 0 Å². The van der Waals surface area contributed by atoms with Crippen LogP contribution in [-0.2, 0) is 5.41 Å². The van der Waals surface area contributed by atoms with Crippen LogP contribution in [0.3, 0.4) is 0 Å². The Morgan fingerprint density at radius 2 is 1.53 bits per heavy atom. The minimum atomic E-state index is -6.20. The summed E-state index contributed by atoms with van der Waals surface area (Å²) in [6.07, 6.45) is 0. The second-order valence-corrected chi connectivity index (χ2v) is 17.1. The first-order chi connectivity index (χ1) is 17.2. The summed E-state index contributed by atoms with van der Waals surface area (Å²) in [6.45, 7) is 4.41. The molecule has 3 heterocycles. The summed E-state index contributed by atoms with van der Waals surface area (Å²) >= 11 is -11.2. The molecule has 2 nitrogen and oxygen atoms in total. The first-order valence-corrected chi connectivity index (χ1v) is 17.7. The minimum absolute atomic E-state index is 0.0372. The van der Waals surface area contributed by atoms with Gasteiger partial charge in [-0.3, -0.25) is 0 Å². The molecule has 4 aromatic carbocycles. The van der Waals surface area contributed by atoms with Gasteiger partial charge in [0.05, 0.1) is 0 Å². The van der Waals surface area contributed by atoms with Crippen LogP contribution in [0.1, 0.15) is 25.0 Å². The standard InChI is InChI=1S/C27H19BF4I2N2/c1-27(2)17-9-3-4-11-19(17)28-20-12-5-8-16-24-21(34(31,32)35-33(29)30)13-7-14-22(24)36(26(16)20)23-15-6-10-18(27)25(23)28/h3-15H,1-2H3. The molecular formula is C27H19BF4I2N2. The molecule has 0 fully saturated rings. The predicted molar refractivity (Wildman–Crippen MR) is 158 cm³/mol. The number of nitrogens with zero attached hydrogens (tertiary/aromatic N) is 2. The molecule has 2 aliphatic rings. The fraction of sp³-hybridized carbons (Fsp3) is 0.111. The number of halogens is 6. The number of hydrogen-bond donors (Lipinski definition) is 0. The zero-order valence-corrected chi connectivity index (χ0v) is 23.6. The number of benzene rings is 4. The molecule has 0 atom stereocenters. The summed E-state index contributed by atoms with van der Waals surface area (Å²) in [7, 11) is 0. The number of rotatable bonds is 2. The Kier molecular flexibility index (Phi) is 4.85. The van der Waals surface area contributed by atoms with Gasteiger partial charge in [0.15, 0.2) is 0 Å². The van der Waals surface area contributed by atoms with Crippen LogP contribution in [-0.4, -0.2) is 11.3 Å².